The number of ether oxygens (including phenoxy) is 1. The number of hydrogen-bond donors (Lipinski definition) is 1. The summed E-state index contributed by atoms with van der Waals surface area (Å²) >= 11 is 0. The summed E-state index contributed by atoms with van der Waals surface area (Å²) < 4.78 is 39.3. The molecule has 0 radical (unpaired) electrons. The van der Waals surface area contributed by atoms with E-state index in [9.17, 15) is 18.0 Å². The second-order valence-corrected chi connectivity index (χ2v) is 10.2. The molecule has 0 aliphatic carbocycles. The first-order valence-corrected chi connectivity index (χ1v) is 13.2. The molecule has 4 rings (SSSR count). The number of ketones is 1. The fraction of sp³-hybridized carbons (Fsp3) is 0.214. The van der Waals surface area contributed by atoms with Crippen LogP contribution in [0, 0.1) is 6.92 Å². The van der Waals surface area contributed by atoms with Crippen LogP contribution in [-0.2, 0) is 21.2 Å². The smallest absolute Gasteiger partial charge is 0.338 e. The van der Waals surface area contributed by atoms with E-state index >= 15 is 0 Å². The van der Waals surface area contributed by atoms with Crippen LogP contribution >= 0.6 is 0 Å². The summed E-state index contributed by atoms with van der Waals surface area (Å²) in [6.07, 6.45) is 3.09. The van der Waals surface area contributed by atoms with Crippen molar-refractivity contribution >= 4 is 38.4 Å². The van der Waals surface area contributed by atoms with E-state index in [0.29, 0.717) is 16.8 Å². The molecule has 1 N–H and O–H groups in total. The minimum absolute atomic E-state index is 0.0216. The van der Waals surface area contributed by atoms with Crippen molar-refractivity contribution in [2.45, 2.75) is 38.0 Å². The number of esters is 1. The van der Waals surface area contributed by atoms with Crippen molar-refractivity contribution in [2.24, 2.45) is 0 Å². The van der Waals surface area contributed by atoms with Gasteiger partial charge < -0.3 is 9.15 Å². The van der Waals surface area contributed by atoms with Crippen LogP contribution in [0.15, 0.2) is 82.1 Å². The standard InChI is InChI=1S/C28H27NO6S/c1-3-4-7-20-11-14-23(15-12-20)29-36(32,33)27-17-22(13-10-19(27)2)28(31)34-18-24(30)26-16-21-8-5-6-9-25(21)35-26/h5-6,8-17,29H,3-4,7,18H2,1-2H3. The van der Waals surface area contributed by atoms with Crippen LogP contribution in [0.4, 0.5) is 5.69 Å². The van der Waals surface area contributed by atoms with Gasteiger partial charge in [-0.1, -0.05) is 49.7 Å². The van der Waals surface area contributed by atoms with Crippen molar-refractivity contribution in [3.05, 3.63) is 95.2 Å². The minimum atomic E-state index is -3.96. The highest BCUT2D eigenvalue weighted by molar-refractivity contribution is 7.92. The van der Waals surface area contributed by atoms with Crippen molar-refractivity contribution in [1.82, 2.24) is 0 Å². The lowest BCUT2D eigenvalue weighted by Crippen LogP contribution is -2.17. The Bertz CT molecular complexity index is 1470. The van der Waals surface area contributed by atoms with Crippen LogP contribution in [0.25, 0.3) is 11.0 Å². The average molecular weight is 506 g/mol. The number of carbonyl (C=O) groups is 2. The monoisotopic (exact) mass is 505 g/mol. The van der Waals surface area contributed by atoms with E-state index in [1.165, 1.54) is 18.2 Å². The molecule has 36 heavy (non-hydrogen) atoms. The van der Waals surface area contributed by atoms with Gasteiger partial charge in [0.1, 0.15) is 5.58 Å². The fourth-order valence-corrected chi connectivity index (χ4v) is 5.08. The van der Waals surface area contributed by atoms with Gasteiger partial charge >= 0.3 is 5.97 Å². The zero-order valence-electron chi connectivity index (χ0n) is 20.1. The largest absolute Gasteiger partial charge is 0.454 e. The Morgan fingerprint density at radius 2 is 1.72 bits per heavy atom. The molecule has 0 aliphatic heterocycles. The number of sulfonamides is 1. The van der Waals surface area contributed by atoms with Crippen LogP contribution in [0.5, 0.6) is 0 Å². The second kappa shape index (κ2) is 10.8. The van der Waals surface area contributed by atoms with Crippen molar-refractivity contribution in [1.29, 1.82) is 0 Å². The fourth-order valence-electron chi connectivity index (χ4n) is 3.75. The summed E-state index contributed by atoms with van der Waals surface area (Å²) in [5.41, 5.74) is 2.62. The molecule has 0 saturated heterocycles. The molecule has 0 saturated carbocycles. The van der Waals surface area contributed by atoms with Gasteiger partial charge in [0.05, 0.1) is 10.5 Å². The predicted molar refractivity (Wildman–Crippen MR) is 138 cm³/mol. The lowest BCUT2D eigenvalue weighted by atomic mass is 10.1. The van der Waals surface area contributed by atoms with Crippen molar-refractivity contribution < 1.29 is 27.2 Å². The van der Waals surface area contributed by atoms with Gasteiger partial charge in [-0.05, 0) is 67.3 Å². The maximum absolute atomic E-state index is 13.1. The van der Waals surface area contributed by atoms with E-state index in [1.54, 1.807) is 37.3 Å². The van der Waals surface area contributed by atoms with Crippen LogP contribution in [0.3, 0.4) is 0 Å². The molecule has 0 bridgehead atoms. The molecule has 0 atom stereocenters. The van der Waals surface area contributed by atoms with E-state index < -0.39 is 28.4 Å². The van der Waals surface area contributed by atoms with Gasteiger partial charge in [0.2, 0.25) is 5.78 Å². The Labute approximate surface area is 210 Å². The number of benzene rings is 3. The molecule has 7 nitrogen and oxygen atoms in total. The van der Waals surface area contributed by atoms with Crippen LogP contribution in [0.1, 0.15) is 51.8 Å². The molecule has 1 heterocycles. The number of anilines is 1. The maximum Gasteiger partial charge on any atom is 0.338 e. The molecule has 3 aromatic carbocycles. The van der Waals surface area contributed by atoms with E-state index in [-0.39, 0.29) is 16.2 Å². The Morgan fingerprint density at radius 3 is 2.44 bits per heavy atom. The molecular formula is C28H27NO6S. The number of unbranched alkanes of at least 4 members (excludes halogenated alkanes) is 1. The summed E-state index contributed by atoms with van der Waals surface area (Å²) in [5, 5.41) is 0.767. The first-order chi connectivity index (χ1) is 17.3. The molecule has 0 aliphatic rings. The Kier molecular flexibility index (Phi) is 7.55. The van der Waals surface area contributed by atoms with E-state index in [1.807, 2.05) is 24.3 Å². The summed E-state index contributed by atoms with van der Waals surface area (Å²) in [6, 6.07) is 20.2. The van der Waals surface area contributed by atoms with Gasteiger partial charge in [0, 0.05) is 11.1 Å². The van der Waals surface area contributed by atoms with Gasteiger partial charge in [-0.3, -0.25) is 9.52 Å². The summed E-state index contributed by atoms with van der Waals surface area (Å²) in [5.74, 6) is -1.22. The molecule has 0 amide bonds. The number of nitrogens with one attached hydrogen (secondary N) is 1. The average Bonchev–Trinajstić information content (AvgIpc) is 3.31. The van der Waals surface area contributed by atoms with E-state index in [4.69, 9.17) is 9.15 Å². The quantitative estimate of drug-likeness (QED) is 0.212. The molecule has 1 aromatic heterocycles. The third kappa shape index (κ3) is 5.83. The molecule has 0 unspecified atom stereocenters. The minimum Gasteiger partial charge on any atom is -0.454 e. The maximum atomic E-state index is 13.1. The topological polar surface area (TPSA) is 103 Å². The number of carbonyl (C=O) groups excluding carboxylic acids is 2. The summed E-state index contributed by atoms with van der Waals surface area (Å²) in [4.78, 5) is 25.0. The molecule has 4 aromatic rings. The molecule has 0 spiro atoms. The Morgan fingerprint density at radius 1 is 0.972 bits per heavy atom. The van der Waals surface area contributed by atoms with Crippen LogP contribution in [-0.4, -0.2) is 26.8 Å². The van der Waals surface area contributed by atoms with Crippen LogP contribution < -0.4 is 4.72 Å². The second-order valence-electron chi connectivity index (χ2n) is 8.53. The predicted octanol–water partition coefficient (Wildman–Crippen LogP) is 5.92. The third-order valence-corrected chi connectivity index (χ3v) is 7.30. The van der Waals surface area contributed by atoms with Gasteiger partial charge in [0.15, 0.2) is 12.4 Å². The molecular weight excluding hydrogens is 478 g/mol. The van der Waals surface area contributed by atoms with Crippen molar-refractivity contribution in [3.63, 3.8) is 0 Å². The SMILES string of the molecule is CCCCc1ccc(NS(=O)(=O)c2cc(C(=O)OCC(=O)c3cc4ccccc4o3)ccc2C)cc1. The van der Waals surface area contributed by atoms with Gasteiger partial charge in [-0.15, -0.1) is 0 Å². The zero-order valence-corrected chi connectivity index (χ0v) is 20.9. The number of rotatable bonds is 10. The third-order valence-electron chi connectivity index (χ3n) is 5.77. The van der Waals surface area contributed by atoms with Gasteiger partial charge in [0.25, 0.3) is 10.0 Å². The summed E-state index contributed by atoms with van der Waals surface area (Å²) in [6.45, 7) is 3.23. The van der Waals surface area contributed by atoms with E-state index in [2.05, 4.69) is 11.6 Å². The highest BCUT2D eigenvalue weighted by Crippen LogP contribution is 2.23. The lowest BCUT2D eigenvalue weighted by Gasteiger charge is -2.12. The normalized spacial score (nSPS) is 11.4. The molecule has 186 valence electrons. The number of hydrogen-bond acceptors (Lipinski definition) is 6. The van der Waals surface area contributed by atoms with Gasteiger partial charge in [-0.25, -0.2) is 13.2 Å². The highest BCUT2D eigenvalue weighted by Gasteiger charge is 2.21. The lowest BCUT2D eigenvalue weighted by molar-refractivity contribution is 0.0468. The number of fused-ring (bicyclic) bond motifs is 1. The zero-order chi connectivity index (χ0) is 25.7. The Balaban J connectivity index is 1.44. The van der Waals surface area contributed by atoms with Gasteiger partial charge in [-0.2, -0.15) is 0 Å². The van der Waals surface area contributed by atoms with Crippen molar-refractivity contribution in [3.8, 4) is 0 Å². The highest BCUT2D eigenvalue weighted by atomic mass is 32.2. The first-order valence-electron chi connectivity index (χ1n) is 11.7. The Hall–Kier alpha value is -3.91. The first kappa shape index (κ1) is 25.2. The summed E-state index contributed by atoms with van der Waals surface area (Å²) in [7, 11) is -3.96. The van der Waals surface area contributed by atoms with E-state index in [0.717, 1.165) is 30.2 Å². The van der Waals surface area contributed by atoms with Crippen molar-refractivity contribution in [2.75, 3.05) is 11.3 Å². The number of aryl methyl sites for hydroxylation is 2. The molecule has 8 heteroatoms. The number of Topliss-reactive ketones (excluding diaryl/α,β-unsaturated/α-hetero) is 1. The number of para-hydroxylation sites is 1. The van der Waals surface area contributed by atoms with Crippen LogP contribution in [0.2, 0.25) is 0 Å². The number of furan rings is 1. The molecule has 0 fully saturated rings.